The van der Waals surface area contributed by atoms with E-state index in [4.69, 9.17) is 4.74 Å². The molecule has 0 amide bonds. The van der Waals surface area contributed by atoms with Crippen LogP contribution in [0.2, 0.25) is 0 Å². The lowest BCUT2D eigenvalue weighted by molar-refractivity contribution is 0.184. The molecule has 1 aromatic heterocycles. The highest BCUT2D eigenvalue weighted by Gasteiger charge is 2.10. The maximum absolute atomic E-state index is 9.31. The van der Waals surface area contributed by atoms with E-state index in [2.05, 4.69) is 41.9 Å². The maximum atomic E-state index is 9.31. The predicted molar refractivity (Wildman–Crippen MR) is 87.9 cm³/mol. The molecule has 4 heteroatoms. The van der Waals surface area contributed by atoms with Crippen LogP contribution in [0, 0.1) is 13.8 Å². The molecular formula is C18H24N2O2. The van der Waals surface area contributed by atoms with E-state index in [1.165, 1.54) is 5.56 Å². The van der Waals surface area contributed by atoms with Crippen LogP contribution in [-0.2, 0) is 13.1 Å². The van der Waals surface area contributed by atoms with Crippen molar-refractivity contribution >= 4 is 0 Å². The second-order valence-electron chi connectivity index (χ2n) is 5.56. The molecule has 0 saturated heterocycles. The highest BCUT2D eigenvalue weighted by atomic mass is 16.5. The van der Waals surface area contributed by atoms with E-state index in [0.29, 0.717) is 6.54 Å². The van der Waals surface area contributed by atoms with Crippen molar-refractivity contribution in [3.05, 3.63) is 58.9 Å². The lowest BCUT2D eigenvalue weighted by Crippen LogP contribution is -2.26. The molecule has 4 nitrogen and oxygen atoms in total. The first kappa shape index (κ1) is 16.5. The van der Waals surface area contributed by atoms with Gasteiger partial charge in [-0.05, 0) is 42.2 Å². The lowest BCUT2D eigenvalue weighted by Gasteiger charge is -2.22. The monoisotopic (exact) mass is 300 g/mol. The fourth-order valence-corrected chi connectivity index (χ4v) is 2.82. The van der Waals surface area contributed by atoms with Gasteiger partial charge in [-0.25, -0.2) is 0 Å². The van der Waals surface area contributed by atoms with Crippen LogP contribution in [0.3, 0.4) is 0 Å². The van der Waals surface area contributed by atoms with Crippen molar-refractivity contribution < 1.29 is 9.84 Å². The number of pyridine rings is 1. The Morgan fingerprint density at radius 3 is 2.36 bits per heavy atom. The minimum Gasteiger partial charge on any atom is -0.496 e. The third kappa shape index (κ3) is 4.29. The molecular weight excluding hydrogens is 276 g/mol. The molecule has 1 heterocycles. The Morgan fingerprint density at radius 1 is 1.14 bits per heavy atom. The third-order valence-electron chi connectivity index (χ3n) is 3.68. The molecule has 0 aliphatic heterocycles. The molecule has 0 spiro atoms. The molecule has 0 bridgehead atoms. The number of aryl methyl sites for hydroxylation is 2. The summed E-state index contributed by atoms with van der Waals surface area (Å²) in [5, 5.41) is 9.31. The van der Waals surface area contributed by atoms with Crippen LogP contribution >= 0.6 is 0 Å². The Morgan fingerprint density at radius 2 is 1.82 bits per heavy atom. The first-order valence-electron chi connectivity index (χ1n) is 7.50. The Hall–Kier alpha value is -1.91. The standard InChI is InChI=1S/C18H24N2O2/c1-14-9-17(10-15(2)18(14)22-3)13-20(7-8-21)12-16-5-4-6-19-11-16/h4-6,9-11,21H,7-8,12-13H2,1-3H3. The van der Waals surface area contributed by atoms with Crippen LogP contribution in [-0.4, -0.2) is 35.3 Å². The number of aromatic nitrogens is 1. The SMILES string of the molecule is COc1c(C)cc(CN(CCO)Cc2cccnc2)cc1C. The molecule has 1 aromatic carbocycles. The fourth-order valence-electron chi connectivity index (χ4n) is 2.82. The summed E-state index contributed by atoms with van der Waals surface area (Å²) < 4.78 is 5.42. The van der Waals surface area contributed by atoms with Gasteiger partial charge in [-0.1, -0.05) is 18.2 Å². The van der Waals surface area contributed by atoms with Gasteiger partial charge in [0.1, 0.15) is 5.75 Å². The molecule has 2 aromatic rings. The van der Waals surface area contributed by atoms with E-state index in [-0.39, 0.29) is 6.61 Å². The Labute approximate surface area is 132 Å². The summed E-state index contributed by atoms with van der Waals surface area (Å²) >= 11 is 0. The molecule has 118 valence electrons. The highest BCUT2D eigenvalue weighted by Crippen LogP contribution is 2.25. The van der Waals surface area contributed by atoms with Gasteiger partial charge in [-0.15, -0.1) is 0 Å². The zero-order valence-electron chi connectivity index (χ0n) is 13.5. The minimum atomic E-state index is 0.147. The van der Waals surface area contributed by atoms with Gasteiger partial charge in [0.2, 0.25) is 0 Å². The molecule has 0 unspecified atom stereocenters. The van der Waals surface area contributed by atoms with Gasteiger partial charge >= 0.3 is 0 Å². The van der Waals surface area contributed by atoms with Crippen molar-refractivity contribution in [2.24, 2.45) is 0 Å². The van der Waals surface area contributed by atoms with E-state index >= 15 is 0 Å². The van der Waals surface area contributed by atoms with Crippen molar-refractivity contribution in [2.75, 3.05) is 20.3 Å². The molecule has 2 rings (SSSR count). The van der Waals surface area contributed by atoms with E-state index in [1.807, 2.05) is 12.3 Å². The van der Waals surface area contributed by atoms with E-state index in [9.17, 15) is 5.11 Å². The molecule has 0 aliphatic rings. The summed E-state index contributed by atoms with van der Waals surface area (Å²) in [7, 11) is 1.70. The number of nitrogens with zero attached hydrogens (tertiary/aromatic N) is 2. The normalized spacial score (nSPS) is 11.0. The van der Waals surface area contributed by atoms with Gasteiger partial charge in [0.25, 0.3) is 0 Å². The summed E-state index contributed by atoms with van der Waals surface area (Å²) in [6.45, 7) is 6.48. The van der Waals surface area contributed by atoms with E-state index < -0.39 is 0 Å². The van der Waals surface area contributed by atoms with Crippen LogP contribution in [0.4, 0.5) is 0 Å². The number of methoxy groups -OCH3 is 1. The zero-order chi connectivity index (χ0) is 15.9. The summed E-state index contributed by atoms with van der Waals surface area (Å²) in [6.07, 6.45) is 3.64. The number of hydrogen-bond donors (Lipinski definition) is 1. The van der Waals surface area contributed by atoms with Crippen LogP contribution in [0.1, 0.15) is 22.3 Å². The van der Waals surface area contributed by atoms with Crippen molar-refractivity contribution in [3.63, 3.8) is 0 Å². The van der Waals surface area contributed by atoms with Crippen LogP contribution < -0.4 is 4.74 Å². The summed E-state index contributed by atoms with van der Waals surface area (Å²) in [6, 6.07) is 8.30. The molecule has 22 heavy (non-hydrogen) atoms. The van der Waals surface area contributed by atoms with Crippen molar-refractivity contribution in [2.45, 2.75) is 26.9 Å². The average Bonchev–Trinajstić information content (AvgIpc) is 2.48. The van der Waals surface area contributed by atoms with Crippen LogP contribution in [0.15, 0.2) is 36.7 Å². The van der Waals surface area contributed by atoms with Crippen LogP contribution in [0.25, 0.3) is 0 Å². The fraction of sp³-hybridized carbons (Fsp3) is 0.389. The van der Waals surface area contributed by atoms with E-state index in [1.54, 1.807) is 13.3 Å². The van der Waals surface area contributed by atoms with Gasteiger partial charge < -0.3 is 9.84 Å². The van der Waals surface area contributed by atoms with Crippen LogP contribution in [0.5, 0.6) is 5.75 Å². The largest absolute Gasteiger partial charge is 0.496 e. The molecule has 0 saturated carbocycles. The van der Waals surface area contributed by atoms with Gasteiger partial charge in [-0.2, -0.15) is 0 Å². The van der Waals surface area contributed by atoms with Gasteiger partial charge in [-0.3, -0.25) is 9.88 Å². The lowest BCUT2D eigenvalue weighted by atomic mass is 10.0. The quantitative estimate of drug-likeness (QED) is 0.854. The van der Waals surface area contributed by atoms with Gasteiger partial charge in [0, 0.05) is 32.0 Å². The number of aliphatic hydroxyl groups excluding tert-OH is 1. The summed E-state index contributed by atoms with van der Waals surface area (Å²) in [5.41, 5.74) is 4.66. The smallest absolute Gasteiger partial charge is 0.124 e. The minimum absolute atomic E-state index is 0.147. The molecule has 0 fully saturated rings. The average molecular weight is 300 g/mol. The van der Waals surface area contributed by atoms with Crippen molar-refractivity contribution in [3.8, 4) is 5.75 Å². The number of hydrogen-bond acceptors (Lipinski definition) is 4. The molecule has 0 aliphatic carbocycles. The van der Waals surface area contributed by atoms with Crippen molar-refractivity contribution in [1.82, 2.24) is 9.88 Å². The predicted octanol–water partition coefficient (Wildman–Crippen LogP) is 2.70. The number of rotatable bonds is 7. The third-order valence-corrected chi connectivity index (χ3v) is 3.68. The summed E-state index contributed by atoms with van der Waals surface area (Å²) in [5.74, 6) is 0.949. The topological polar surface area (TPSA) is 45.6 Å². The Balaban J connectivity index is 2.14. The first-order valence-corrected chi connectivity index (χ1v) is 7.50. The number of ether oxygens (including phenoxy) is 1. The first-order chi connectivity index (χ1) is 10.6. The number of aliphatic hydroxyl groups is 1. The maximum Gasteiger partial charge on any atom is 0.124 e. The zero-order valence-corrected chi connectivity index (χ0v) is 13.5. The second-order valence-corrected chi connectivity index (χ2v) is 5.56. The number of benzene rings is 1. The van der Waals surface area contributed by atoms with Gasteiger partial charge in [0.15, 0.2) is 0 Å². The summed E-state index contributed by atoms with van der Waals surface area (Å²) in [4.78, 5) is 6.37. The molecule has 0 atom stereocenters. The highest BCUT2D eigenvalue weighted by molar-refractivity contribution is 5.43. The molecule has 1 N–H and O–H groups in total. The molecule has 0 radical (unpaired) electrons. The van der Waals surface area contributed by atoms with Gasteiger partial charge in [0.05, 0.1) is 13.7 Å². The Bertz CT molecular complexity index is 576. The van der Waals surface area contributed by atoms with Crippen molar-refractivity contribution in [1.29, 1.82) is 0 Å². The second kappa shape index (κ2) is 7.92. The van der Waals surface area contributed by atoms with E-state index in [0.717, 1.165) is 35.5 Å². The Kier molecular flexibility index (Phi) is 5.92.